The quantitative estimate of drug-likeness (QED) is 0.900. The normalized spacial score (nSPS) is 21.1. The molecule has 1 heterocycles. The Morgan fingerprint density at radius 3 is 2.76 bits per heavy atom. The van der Waals surface area contributed by atoms with Gasteiger partial charge in [0, 0.05) is 50.4 Å². The first-order valence-electron chi connectivity index (χ1n) is 7.89. The van der Waals surface area contributed by atoms with Crippen LogP contribution in [-0.4, -0.2) is 48.6 Å². The van der Waals surface area contributed by atoms with Crippen LogP contribution >= 0.6 is 0 Å². The van der Waals surface area contributed by atoms with Crippen molar-refractivity contribution in [1.82, 2.24) is 15.1 Å². The molecule has 0 aromatic heterocycles. The topological polar surface area (TPSA) is 18.5 Å². The van der Waals surface area contributed by atoms with Gasteiger partial charge in [-0.25, -0.2) is 4.39 Å². The fourth-order valence-corrected chi connectivity index (χ4v) is 2.69. The second-order valence-electron chi connectivity index (χ2n) is 6.53. The number of nitrogens with zero attached hydrogens (tertiary/aromatic N) is 2. The molecule has 1 aromatic carbocycles. The van der Waals surface area contributed by atoms with E-state index in [4.69, 9.17) is 0 Å². The minimum atomic E-state index is -0.0881. The molecule has 0 amide bonds. The van der Waals surface area contributed by atoms with Crippen molar-refractivity contribution >= 4 is 0 Å². The fourth-order valence-electron chi connectivity index (χ4n) is 2.69. The molecule has 1 atom stereocenters. The highest BCUT2D eigenvalue weighted by molar-refractivity contribution is 5.25. The number of likely N-dealkylation sites (N-methyl/N-ethyl adjacent to an activating group) is 1. The average Bonchev–Trinajstić information content (AvgIpc) is 2.43. The van der Waals surface area contributed by atoms with Gasteiger partial charge in [-0.1, -0.05) is 26.0 Å². The van der Waals surface area contributed by atoms with Crippen LogP contribution in [0.2, 0.25) is 0 Å². The summed E-state index contributed by atoms with van der Waals surface area (Å²) >= 11 is 0. The van der Waals surface area contributed by atoms with Crippen LogP contribution in [0.15, 0.2) is 18.2 Å². The highest BCUT2D eigenvalue weighted by atomic mass is 19.1. The van der Waals surface area contributed by atoms with Crippen molar-refractivity contribution in [3.8, 4) is 0 Å². The summed E-state index contributed by atoms with van der Waals surface area (Å²) in [6.07, 6.45) is 0. The highest BCUT2D eigenvalue weighted by Crippen LogP contribution is 2.16. The van der Waals surface area contributed by atoms with E-state index in [9.17, 15) is 4.39 Å². The Labute approximate surface area is 128 Å². The van der Waals surface area contributed by atoms with Crippen LogP contribution in [-0.2, 0) is 13.1 Å². The molecule has 4 heteroatoms. The van der Waals surface area contributed by atoms with E-state index in [0.29, 0.717) is 18.6 Å². The molecule has 0 radical (unpaired) electrons. The number of hydrogen-bond acceptors (Lipinski definition) is 3. The van der Waals surface area contributed by atoms with Crippen molar-refractivity contribution < 1.29 is 4.39 Å². The van der Waals surface area contributed by atoms with Crippen molar-refractivity contribution in [3.05, 3.63) is 35.1 Å². The van der Waals surface area contributed by atoms with Gasteiger partial charge in [0.15, 0.2) is 0 Å². The summed E-state index contributed by atoms with van der Waals surface area (Å²) in [5.41, 5.74) is 1.97. The first-order chi connectivity index (χ1) is 9.95. The van der Waals surface area contributed by atoms with Gasteiger partial charge in [-0.2, -0.15) is 0 Å². The van der Waals surface area contributed by atoms with Gasteiger partial charge in [-0.3, -0.25) is 4.90 Å². The predicted molar refractivity (Wildman–Crippen MR) is 85.7 cm³/mol. The fraction of sp³-hybridized carbons (Fsp3) is 0.647. The molecule has 1 aromatic rings. The Kier molecular flexibility index (Phi) is 5.73. The van der Waals surface area contributed by atoms with E-state index in [1.807, 2.05) is 12.1 Å². The summed E-state index contributed by atoms with van der Waals surface area (Å²) in [5, 5.41) is 3.38. The van der Waals surface area contributed by atoms with Crippen molar-refractivity contribution in [2.45, 2.75) is 45.9 Å². The number of piperazine rings is 1. The van der Waals surface area contributed by atoms with Gasteiger partial charge >= 0.3 is 0 Å². The van der Waals surface area contributed by atoms with Crippen molar-refractivity contribution in [1.29, 1.82) is 0 Å². The lowest BCUT2D eigenvalue weighted by atomic mass is 10.1. The average molecular weight is 293 g/mol. The zero-order valence-corrected chi connectivity index (χ0v) is 13.7. The van der Waals surface area contributed by atoms with Gasteiger partial charge in [-0.05, 0) is 25.6 Å². The number of benzene rings is 1. The van der Waals surface area contributed by atoms with E-state index in [-0.39, 0.29) is 5.82 Å². The number of rotatable bonds is 5. The maximum atomic E-state index is 14.0. The van der Waals surface area contributed by atoms with Gasteiger partial charge in [0.25, 0.3) is 0 Å². The third kappa shape index (κ3) is 4.77. The first kappa shape index (κ1) is 16.4. The maximum Gasteiger partial charge on any atom is 0.127 e. The Balaban J connectivity index is 2.00. The molecule has 118 valence electrons. The molecule has 1 N–H and O–H groups in total. The summed E-state index contributed by atoms with van der Waals surface area (Å²) in [7, 11) is 2.15. The maximum absolute atomic E-state index is 14.0. The third-order valence-electron chi connectivity index (χ3n) is 4.26. The van der Waals surface area contributed by atoms with Crippen LogP contribution in [0.1, 0.15) is 31.9 Å². The van der Waals surface area contributed by atoms with Crippen LogP contribution in [0, 0.1) is 5.82 Å². The molecular formula is C17H28FN3. The minimum Gasteiger partial charge on any atom is -0.310 e. The number of hydrogen-bond donors (Lipinski definition) is 1. The molecule has 1 saturated heterocycles. The highest BCUT2D eigenvalue weighted by Gasteiger charge is 2.21. The summed E-state index contributed by atoms with van der Waals surface area (Å²) in [6, 6.07) is 6.46. The van der Waals surface area contributed by atoms with E-state index >= 15 is 0 Å². The largest absolute Gasteiger partial charge is 0.310 e. The lowest BCUT2D eigenvalue weighted by Gasteiger charge is -2.37. The second-order valence-corrected chi connectivity index (χ2v) is 6.53. The van der Waals surface area contributed by atoms with Gasteiger partial charge < -0.3 is 10.2 Å². The predicted octanol–water partition coefficient (Wildman–Crippen LogP) is 2.46. The zero-order chi connectivity index (χ0) is 15.4. The van der Waals surface area contributed by atoms with Crippen LogP contribution in [0.3, 0.4) is 0 Å². The number of nitrogens with one attached hydrogen (secondary N) is 1. The van der Waals surface area contributed by atoms with Crippen LogP contribution in [0.4, 0.5) is 4.39 Å². The summed E-state index contributed by atoms with van der Waals surface area (Å²) < 4.78 is 14.0. The van der Waals surface area contributed by atoms with E-state index in [1.54, 1.807) is 6.07 Å². The SMILES string of the molecule is CC(C)NCc1ccc(F)c(CN2CCN(C)C(C)C2)c1. The molecule has 1 aliphatic rings. The Hall–Kier alpha value is -0.970. The molecule has 0 spiro atoms. The molecular weight excluding hydrogens is 265 g/mol. The van der Waals surface area contributed by atoms with Gasteiger partial charge in [0.05, 0.1) is 0 Å². The summed E-state index contributed by atoms with van der Waals surface area (Å²) in [6.45, 7) is 11.0. The Morgan fingerprint density at radius 2 is 2.10 bits per heavy atom. The van der Waals surface area contributed by atoms with E-state index in [1.165, 1.54) is 0 Å². The Morgan fingerprint density at radius 1 is 1.33 bits per heavy atom. The number of halogens is 1. The van der Waals surface area contributed by atoms with Gasteiger partial charge in [0.1, 0.15) is 5.82 Å². The lowest BCUT2D eigenvalue weighted by molar-refractivity contribution is 0.0991. The molecule has 0 bridgehead atoms. The molecule has 3 nitrogen and oxygen atoms in total. The lowest BCUT2D eigenvalue weighted by Crippen LogP contribution is -2.49. The van der Waals surface area contributed by atoms with Gasteiger partial charge in [-0.15, -0.1) is 0 Å². The standard InChI is InChI=1S/C17H28FN3/c1-13(2)19-10-15-5-6-17(18)16(9-15)12-21-8-7-20(4)14(3)11-21/h5-6,9,13-14,19H,7-8,10-12H2,1-4H3. The van der Waals surface area contributed by atoms with E-state index in [2.05, 4.69) is 42.9 Å². The summed E-state index contributed by atoms with van der Waals surface area (Å²) in [4.78, 5) is 4.71. The molecule has 0 saturated carbocycles. The van der Waals surface area contributed by atoms with Crippen LogP contribution < -0.4 is 5.32 Å². The zero-order valence-electron chi connectivity index (χ0n) is 13.7. The monoisotopic (exact) mass is 293 g/mol. The van der Waals surface area contributed by atoms with E-state index in [0.717, 1.165) is 37.3 Å². The van der Waals surface area contributed by atoms with Crippen molar-refractivity contribution in [3.63, 3.8) is 0 Å². The van der Waals surface area contributed by atoms with Crippen molar-refractivity contribution in [2.75, 3.05) is 26.7 Å². The third-order valence-corrected chi connectivity index (χ3v) is 4.26. The Bertz CT molecular complexity index is 461. The molecule has 1 fully saturated rings. The smallest absolute Gasteiger partial charge is 0.127 e. The first-order valence-corrected chi connectivity index (χ1v) is 7.89. The van der Waals surface area contributed by atoms with Crippen LogP contribution in [0.25, 0.3) is 0 Å². The molecule has 0 aliphatic carbocycles. The molecule has 1 unspecified atom stereocenters. The minimum absolute atomic E-state index is 0.0881. The molecule has 21 heavy (non-hydrogen) atoms. The molecule has 1 aliphatic heterocycles. The van der Waals surface area contributed by atoms with E-state index < -0.39 is 0 Å². The summed E-state index contributed by atoms with van der Waals surface area (Å²) in [5.74, 6) is -0.0881. The van der Waals surface area contributed by atoms with Crippen LogP contribution in [0.5, 0.6) is 0 Å². The molecule has 2 rings (SSSR count). The second kappa shape index (κ2) is 7.34. The van der Waals surface area contributed by atoms with Gasteiger partial charge in [0.2, 0.25) is 0 Å². The van der Waals surface area contributed by atoms with Crippen molar-refractivity contribution in [2.24, 2.45) is 0 Å².